The third kappa shape index (κ3) is 3.94. The van der Waals surface area contributed by atoms with E-state index in [1.807, 2.05) is 6.92 Å². The normalized spacial score (nSPS) is 13.1. The second-order valence-electron chi connectivity index (χ2n) is 4.30. The molecule has 0 aliphatic rings. The minimum Gasteiger partial charge on any atom is -0.409 e. The Kier molecular flexibility index (Phi) is 5.29. The number of nitrogens with two attached hydrogens (primary N) is 1. The first-order chi connectivity index (χ1) is 8.99. The SMILES string of the molecule is CCCC(NC(=O)c1cc(F)ccc1C)C(N)=NO. The second kappa shape index (κ2) is 6.72. The van der Waals surface area contributed by atoms with Crippen molar-refractivity contribution in [2.75, 3.05) is 0 Å². The number of oxime groups is 1. The van der Waals surface area contributed by atoms with Gasteiger partial charge < -0.3 is 16.3 Å². The van der Waals surface area contributed by atoms with Crippen molar-refractivity contribution >= 4 is 11.7 Å². The minimum atomic E-state index is -0.565. The van der Waals surface area contributed by atoms with Crippen LogP contribution in [-0.4, -0.2) is 23.0 Å². The van der Waals surface area contributed by atoms with E-state index < -0.39 is 17.8 Å². The highest BCUT2D eigenvalue weighted by Gasteiger charge is 2.18. The minimum absolute atomic E-state index is 0.0655. The number of aryl methyl sites for hydroxylation is 1. The van der Waals surface area contributed by atoms with Gasteiger partial charge >= 0.3 is 0 Å². The van der Waals surface area contributed by atoms with Crippen LogP contribution >= 0.6 is 0 Å². The fourth-order valence-electron chi connectivity index (χ4n) is 1.73. The molecule has 0 spiro atoms. The first-order valence-electron chi connectivity index (χ1n) is 6.04. The van der Waals surface area contributed by atoms with E-state index in [0.29, 0.717) is 12.0 Å². The number of rotatable bonds is 5. The lowest BCUT2D eigenvalue weighted by molar-refractivity contribution is 0.0943. The van der Waals surface area contributed by atoms with Gasteiger partial charge in [-0.1, -0.05) is 24.6 Å². The molecule has 0 aliphatic carbocycles. The predicted octanol–water partition coefficient (Wildman–Crippen LogP) is 1.78. The number of hydrogen-bond acceptors (Lipinski definition) is 3. The molecule has 0 heterocycles. The fraction of sp³-hybridized carbons (Fsp3) is 0.385. The Morgan fingerprint density at radius 2 is 2.26 bits per heavy atom. The van der Waals surface area contributed by atoms with Crippen LogP contribution in [-0.2, 0) is 0 Å². The lowest BCUT2D eigenvalue weighted by atomic mass is 10.1. The Labute approximate surface area is 111 Å². The Bertz CT molecular complexity index is 489. The van der Waals surface area contributed by atoms with Crippen LogP contribution < -0.4 is 11.1 Å². The predicted molar refractivity (Wildman–Crippen MR) is 70.7 cm³/mol. The number of hydrogen-bond donors (Lipinski definition) is 3. The van der Waals surface area contributed by atoms with E-state index in [4.69, 9.17) is 10.9 Å². The van der Waals surface area contributed by atoms with E-state index >= 15 is 0 Å². The summed E-state index contributed by atoms with van der Waals surface area (Å²) in [4.78, 5) is 12.1. The molecule has 0 aliphatic heterocycles. The molecule has 0 saturated heterocycles. The topological polar surface area (TPSA) is 87.7 Å². The third-order valence-electron chi connectivity index (χ3n) is 2.80. The largest absolute Gasteiger partial charge is 0.409 e. The van der Waals surface area contributed by atoms with Crippen LogP contribution in [0.3, 0.4) is 0 Å². The van der Waals surface area contributed by atoms with E-state index in [-0.39, 0.29) is 11.4 Å². The Hall–Kier alpha value is -2.11. The molecular weight excluding hydrogens is 249 g/mol. The molecule has 0 radical (unpaired) electrons. The molecule has 1 rings (SSSR count). The van der Waals surface area contributed by atoms with Gasteiger partial charge in [-0.25, -0.2) is 4.39 Å². The van der Waals surface area contributed by atoms with Crippen molar-refractivity contribution in [3.05, 3.63) is 35.1 Å². The molecule has 1 amide bonds. The van der Waals surface area contributed by atoms with Gasteiger partial charge in [-0.05, 0) is 31.0 Å². The van der Waals surface area contributed by atoms with Gasteiger partial charge in [0.15, 0.2) is 5.84 Å². The molecule has 0 fully saturated rings. The summed E-state index contributed by atoms with van der Waals surface area (Å²) in [6, 6.07) is 3.42. The standard InChI is InChI=1S/C13H18FN3O2/c1-3-4-11(12(15)17-19)16-13(18)10-7-9(14)6-5-8(10)2/h5-7,11,19H,3-4H2,1-2H3,(H2,15,17)(H,16,18). The van der Waals surface area contributed by atoms with Crippen molar-refractivity contribution < 1.29 is 14.4 Å². The number of nitrogens with one attached hydrogen (secondary N) is 1. The summed E-state index contributed by atoms with van der Waals surface area (Å²) in [6.07, 6.45) is 1.29. The van der Waals surface area contributed by atoms with Crippen molar-refractivity contribution in [1.29, 1.82) is 0 Å². The second-order valence-corrected chi connectivity index (χ2v) is 4.30. The maximum atomic E-state index is 13.1. The van der Waals surface area contributed by atoms with Crippen LogP contribution in [0.15, 0.2) is 23.4 Å². The van der Waals surface area contributed by atoms with Crippen LogP contribution in [0.4, 0.5) is 4.39 Å². The average Bonchev–Trinajstić information content (AvgIpc) is 2.40. The summed E-state index contributed by atoms with van der Waals surface area (Å²) in [6.45, 7) is 3.63. The van der Waals surface area contributed by atoms with Crippen LogP contribution in [0, 0.1) is 12.7 Å². The van der Waals surface area contributed by atoms with Gasteiger partial charge in [0.2, 0.25) is 0 Å². The highest BCUT2D eigenvalue weighted by molar-refractivity contribution is 5.99. The Morgan fingerprint density at radius 3 is 2.84 bits per heavy atom. The molecule has 6 heteroatoms. The number of amidine groups is 1. The maximum Gasteiger partial charge on any atom is 0.252 e. The van der Waals surface area contributed by atoms with E-state index in [1.54, 1.807) is 6.92 Å². The average molecular weight is 267 g/mol. The van der Waals surface area contributed by atoms with Crippen molar-refractivity contribution in [1.82, 2.24) is 5.32 Å². The quantitative estimate of drug-likeness (QED) is 0.329. The lowest BCUT2D eigenvalue weighted by Gasteiger charge is -2.17. The molecule has 1 aromatic carbocycles. The van der Waals surface area contributed by atoms with Gasteiger partial charge in [0.25, 0.3) is 5.91 Å². The van der Waals surface area contributed by atoms with E-state index in [2.05, 4.69) is 10.5 Å². The fourth-order valence-corrected chi connectivity index (χ4v) is 1.73. The molecule has 1 aromatic rings. The highest BCUT2D eigenvalue weighted by atomic mass is 19.1. The first-order valence-corrected chi connectivity index (χ1v) is 6.04. The molecule has 4 N–H and O–H groups in total. The number of carbonyl (C=O) groups is 1. The highest BCUT2D eigenvalue weighted by Crippen LogP contribution is 2.11. The van der Waals surface area contributed by atoms with Gasteiger partial charge in [-0.2, -0.15) is 0 Å². The summed E-state index contributed by atoms with van der Waals surface area (Å²) in [5, 5.41) is 14.2. The number of carbonyl (C=O) groups excluding carboxylic acids is 1. The number of halogens is 1. The summed E-state index contributed by atoms with van der Waals surface area (Å²) < 4.78 is 13.1. The number of nitrogens with zero attached hydrogens (tertiary/aromatic N) is 1. The van der Waals surface area contributed by atoms with Gasteiger partial charge in [-0.3, -0.25) is 4.79 Å². The molecule has 5 nitrogen and oxygen atoms in total. The molecule has 1 unspecified atom stereocenters. The molecule has 0 aromatic heterocycles. The maximum absolute atomic E-state index is 13.1. The van der Waals surface area contributed by atoms with Crippen molar-refractivity contribution in [3.8, 4) is 0 Å². The molecular formula is C13H18FN3O2. The molecule has 0 saturated carbocycles. The van der Waals surface area contributed by atoms with E-state index in [9.17, 15) is 9.18 Å². The zero-order chi connectivity index (χ0) is 14.4. The van der Waals surface area contributed by atoms with Gasteiger partial charge in [0.05, 0.1) is 6.04 Å². The zero-order valence-electron chi connectivity index (χ0n) is 11.0. The molecule has 0 bridgehead atoms. The van der Waals surface area contributed by atoms with Gasteiger partial charge in [-0.15, -0.1) is 0 Å². The van der Waals surface area contributed by atoms with Crippen LogP contribution in [0.25, 0.3) is 0 Å². The summed E-state index contributed by atoms with van der Waals surface area (Å²) in [7, 11) is 0. The summed E-state index contributed by atoms with van der Waals surface area (Å²) >= 11 is 0. The summed E-state index contributed by atoms with van der Waals surface area (Å²) in [5.74, 6) is -0.988. The smallest absolute Gasteiger partial charge is 0.252 e. The van der Waals surface area contributed by atoms with Crippen LogP contribution in [0.1, 0.15) is 35.7 Å². The Morgan fingerprint density at radius 1 is 1.58 bits per heavy atom. The number of benzene rings is 1. The Balaban J connectivity index is 2.90. The first kappa shape index (κ1) is 14.9. The third-order valence-corrected chi connectivity index (χ3v) is 2.80. The van der Waals surface area contributed by atoms with Crippen molar-refractivity contribution in [2.45, 2.75) is 32.7 Å². The van der Waals surface area contributed by atoms with Crippen molar-refractivity contribution in [2.24, 2.45) is 10.9 Å². The molecule has 1 atom stereocenters. The zero-order valence-corrected chi connectivity index (χ0v) is 11.0. The monoisotopic (exact) mass is 267 g/mol. The van der Waals surface area contributed by atoms with Gasteiger partial charge in [0.1, 0.15) is 5.82 Å². The lowest BCUT2D eigenvalue weighted by Crippen LogP contribution is -2.44. The summed E-state index contributed by atoms with van der Waals surface area (Å²) in [5.41, 5.74) is 6.41. The van der Waals surface area contributed by atoms with Crippen LogP contribution in [0.2, 0.25) is 0 Å². The van der Waals surface area contributed by atoms with Crippen LogP contribution in [0.5, 0.6) is 0 Å². The number of amides is 1. The van der Waals surface area contributed by atoms with E-state index in [0.717, 1.165) is 6.42 Å². The molecule has 19 heavy (non-hydrogen) atoms. The van der Waals surface area contributed by atoms with Crippen molar-refractivity contribution in [3.63, 3.8) is 0 Å². The molecule has 104 valence electrons. The van der Waals surface area contributed by atoms with E-state index in [1.165, 1.54) is 18.2 Å². The van der Waals surface area contributed by atoms with Gasteiger partial charge in [0, 0.05) is 5.56 Å².